The second-order valence-corrected chi connectivity index (χ2v) is 7.05. The molecule has 1 amide bonds. The summed E-state index contributed by atoms with van der Waals surface area (Å²) < 4.78 is 10.5. The zero-order valence-electron chi connectivity index (χ0n) is 14.4. The minimum Gasteiger partial charge on any atom is -0.491 e. The molecule has 0 heterocycles. The topological polar surface area (TPSA) is 73.6 Å². The molecule has 24 heavy (non-hydrogen) atoms. The number of nitrogens with two attached hydrogens (primary N) is 1. The standard InChI is InChI=1S/C19H28N2O3/c1-23-9-10-24-17-7-5-13(6-8-17)19(22)21-18-14-3-2-4-15(18)12-16(20)11-14/h5-8,14-16,18H,2-4,9-12,20H2,1H3,(H,21,22). The van der Waals surface area contributed by atoms with Crippen LogP contribution in [0.1, 0.15) is 42.5 Å². The van der Waals surface area contributed by atoms with Crippen molar-refractivity contribution in [1.82, 2.24) is 5.32 Å². The summed E-state index contributed by atoms with van der Waals surface area (Å²) in [6, 6.07) is 7.90. The van der Waals surface area contributed by atoms with E-state index in [2.05, 4.69) is 5.32 Å². The van der Waals surface area contributed by atoms with E-state index in [1.165, 1.54) is 19.3 Å². The summed E-state index contributed by atoms with van der Waals surface area (Å²) in [5.41, 5.74) is 6.84. The summed E-state index contributed by atoms with van der Waals surface area (Å²) in [5, 5.41) is 3.27. The Morgan fingerprint density at radius 3 is 2.46 bits per heavy atom. The number of hydrogen-bond donors (Lipinski definition) is 2. The highest BCUT2D eigenvalue weighted by atomic mass is 16.5. The third kappa shape index (κ3) is 4.08. The zero-order valence-corrected chi connectivity index (χ0v) is 14.4. The minimum absolute atomic E-state index is 0.0100. The van der Waals surface area contributed by atoms with Crippen molar-refractivity contribution in [3.05, 3.63) is 29.8 Å². The van der Waals surface area contributed by atoms with Gasteiger partial charge in [-0.25, -0.2) is 0 Å². The van der Waals surface area contributed by atoms with Gasteiger partial charge in [0.05, 0.1) is 6.61 Å². The van der Waals surface area contributed by atoms with E-state index in [0.29, 0.717) is 36.7 Å². The highest BCUT2D eigenvalue weighted by Gasteiger charge is 2.39. The van der Waals surface area contributed by atoms with Gasteiger partial charge in [0.2, 0.25) is 0 Å². The fourth-order valence-electron chi connectivity index (χ4n) is 4.20. The fourth-order valence-corrected chi connectivity index (χ4v) is 4.20. The summed E-state index contributed by atoms with van der Waals surface area (Å²) in [6.45, 7) is 1.06. The van der Waals surface area contributed by atoms with E-state index in [0.717, 1.165) is 18.6 Å². The third-order valence-electron chi connectivity index (χ3n) is 5.35. The SMILES string of the molecule is COCCOc1ccc(C(=O)NC2C3CCCC2CC(N)C3)cc1. The van der Waals surface area contributed by atoms with Crippen LogP contribution in [-0.4, -0.2) is 38.3 Å². The van der Waals surface area contributed by atoms with Crippen molar-refractivity contribution in [3.8, 4) is 5.75 Å². The lowest BCUT2D eigenvalue weighted by Gasteiger charge is -2.45. The maximum Gasteiger partial charge on any atom is 0.251 e. The van der Waals surface area contributed by atoms with Crippen molar-refractivity contribution in [2.45, 2.75) is 44.2 Å². The molecule has 3 rings (SSSR count). The highest BCUT2D eigenvalue weighted by Crippen LogP contribution is 2.39. The lowest BCUT2D eigenvalue weighted by atomic mass is 9.67. The van der Waals surface area contributed by atoms with E-state index in [1.54, 1.807) is 7.11 Å². The lowest BCUT2D eigenvalue weighted by Crippen LogP contribution is -2.53. The second kappa shape index (κ2) is 7.99. The number of rotatable bonds is 6. The Kier molecular flexibility index (Phi) is 5.74. The lowest BCUT2D eigenvalue weighted by molar-refractivity contribution is 0.0756. The molecule has 2 fully saturated rings. The van der Waals surface area contributed by atoms with Crippen LogP contribution in [0.15, 0.2) is 24.3 Å². The van der Waals surface area contributed by atoms with Gasteiger partial charge in [-0.2, -0.15) is 0 Å². The van der Waals surface area contributed by atoms with Gasteiger partial charge in [0.1, 0.15) is 12.4 Å². The van der Waals surface area contributed by atoms with E-state index in [1.807, 2.05) is 24.3 Å². The predicted molar refractivity (Wildman–Crippen MR) is 93.1 cm³/mol. The molecule has 2 unspecified atom stereocenters. The van der Waals surface area contributed by atoms with E-state index in [4.69, 9.17) is 15.2 Å². The van der Waals surface area contributed by atoms with Crippen molar-refractivity contribution in [2.24, 2.45) is 17.6 Å². The van der Waals surface area contributed by atoms with Crippen molar-refractivity contribution < 1.29 is 14.3 Å². The molecule has 0 spiro atoms. The maximum atomic E-state index is 12.6. The van der Waals surface area contributed by atoms with Crippen molar-refractivity contribution in [2.75, 3.05) is 20.3 Å². The molecule has 0 saturated heterocycles. The monoisotopic (exact) mass is 332 g/mol. The predicted octanol–water partition coefficient (Wildman–Crippen LogP) is 2.35. The quantitative estimate of drug-likeness (QED) is 0.784. The van der Waals surface area contributed by atoms with Gasteiger partial charge in [-0.15, -0.1) is 0 Å². The molecular weight excluding hydrogens is 304 g/mol. The number of fused-ring (bicyclic) bond motifs is 2. The first-order chi connectivity index (χ1) is 11.7. The van der Waals surface area contributed by atoms with Gasteiger partial charge >= 0.3 is 0 Å². The molecule has 1 aromatic carbocycles. The van der Waals surface area contributed by atoms with Crippen LogP contribution >= 0.6 is 0 Å². The molecular formula is C19H28N2O3. The Morgan fingerprint density at radius 1 is 1.17 bits per heavy atom. The molecule has 5 nitrogen and oxygen atoms in total. The van der Waals surface area contributed by atoms with Crippen LogP contribution < -0.4 is 15.8 Å². The van der Waals surface area contributed by atoms with Gasteiger partial charge in [-0.1, -0.05) is 6.42 Å². The van der Waals surface area contributed by atoms with E-state index in [-0.39, 0.29) is 11.9 Å². The molecule has 0 radical (unpaired) electrons. The zero-order chi connectivity index (χ0) is 16.9. The van der Waals surface area contributed by atoms with Crippen molar-refractivity contribution >= 4 is 5.91 Å². The molecule has 1 aromatic rings. The maximum absolute atomic E-state index is 12.6. The van der Waals surface area contributed by atoms with E-state index in [9.17, 15) is 4.79 Å². The van der Waals surface area contributed by atoms with Gasteiger partial charge in [0.15, 0.2) is 0 Å². The number of amides is 1. The average molecular weight is 332 g/mol. The van der Waals surface area contributed by atoms with E-state index >= 15 is 0 Å². The third-order valence-corrected chi connectivity index (χ3v) is 5.35. The summed E-state index contributed by atoms with van der Waals surface area (Å²) >= 11 is 0. The molecule has 0 aromatic heterocycles. The molecule has 2 saturated carbocycles. The normalized spacial score (nSPS) is 29.1. The van der Waals surface area contributed by atoms with Crippen LogP contribution in [0, 0.1) is 11.8 Å². The van der Waals surface area contributed by atoms with Crippen LogP contribution in [0.5, 0.6) is 5.75 Å². The molecule has 132 valence electrons. The highest BCUT2D eigenvalue weighted by molar-refractivity contribution is 5.94. The molecule has 2 atom stereocenters. The van der Waals surface area contributed by atoms with Crippen LogP contribution in [0.3, 0.4) is 0 Å². The van der Waals surface area contributed by atoms with Gasteiger partial charge in [-0.3, -0.25) is 4.79 Å². The summed E-state index contributed by atoms with van der Waals surface area (Å²) in [4.78, 5) is 12.6. The summed E-state index contributed by atoms with van der Waals surface area (Å²) in [7, 11) is 1.64. The first kappa shape index (κ1) is 17.2. The second-order valence-electron chi connectivity index (χ2n) is 7.05. The number of hydrogen-bond acceptors (Lipinski definition) is 4. The van der Waals surface area contributed by atoms with Crippen molar-refractivity contribution in [1.29, 1.82) is 0 Å². The Labute approximate surface area is 143 Å². The molecule has 0 aliphatic heterocycles. The van der Waals surface area contributed by atoms with Crippen LogP contribution in [0.2, 0.25) is 0 Å². The number of benzene rings is 1. The van der Waals surface area contributed by atoms with Gasteiger partial charge in [0.25, 0.3) is 5.91 Å². The van der Waals surface area contributed by atoms with Gasteiger partial charge < -0.3 is 20.5 Å². The first-order valence-electron chi connectivity index (χ1n) is 8.95. The smallest absolute Gasteiger partial charge is 0.251 e. The summed E-state index contributed by atoms with van der Waals surface area (Å²) in [6.07, 6.45) is 5.70. The number of ether oxygens (including phenoxy) is 2. The Hall–Kier alpha value is -1.59. The summed E-state index contributed by atoms with van der Waals surface area (Å²) in [5.74, 6) is 1.83. The average Bonchev–Trinajstić information content (AvgIpc) is 2.56. The van der Waals surface area contributed by atoms with Gasteiger partial charge in [0, 0.05) is 24.8 Å². The van der Waals surface area contributed by atoms with Crippen LogP contribution in [0.25, 0.3) is 0 Å². The molecule has 3 N–H and O–H groups in total. The Morgan fingerprint density at radius 2 is 1.83 bits per heavy atom. The van der Waals surface area contributed by atoms with Crippen molar-refractivity contribution in [3.63, 3.8) is 0 Å². The largest absolute Gasteiger partial charge is 0.491 e. The van der Waals surface area contributed by atoms with Gasteiger partial charge in [-0.05, 0) is 61.8 Å². The number of carbonyl (C=O) groups is 1. The molecule has 2 aliphatic carbocycles. The minimum atomic E-state index is 0.0100. The molecule has 2 bridgehead atoms. The Balaban J connectivity index is 1.58. The number of nitrogens with one attached hydrogen (secondary N) is 1. The fraction of sp³-hybridized carbons (Fsp3) is 0.632. The number of methoxy groups -OCH3 is 1. The number of carbonyl (C=O) groups excluding carboxylic acids is 1. The first-order valence-corrected chi connectivity index (χ1v) is 8.95. The van der Waals surface area contributed by atoms with Crippen LogP contribution in [0.4, 0.5) is 0 Å². The van der Waals surface area contributed by atoms with Crippen LogP contribution in [-0.2, 0) is 4.74 Å². The molecule has 5 heteroatoms. The molecule has 2 aliphatic rings. The Bertz CT molecular complexity index is 532. The van der Waals surface area contributed by atoms with E-state index < -0.39 is 0 Å².